The lowest BCUT2D eigenvalue weighted by Gasteiger charge is -2.23. The van der Waals surface area contributed by atoms with Gasteiger partial charge in [-0.1, -0.05) is 0 Å². The van der Waals surface area contributed by atoms with Gasteiger partial charge in [0.25, 0.3) is 0 Å². The van der Waals surface area contributed by atoms with Gasteiger partial charge in [-0.05, 0) is 24.1 Å². The van der Waals surface area contributed by atoms with Crippen LogP contribution < -0.4 is 5.32 Å². The average Bonchev–Trinajstić information content (AvgIpc) is 2.87. The van der Waals surface area contributed by atoms with Crippen LogP contribution in [0.4, 0.5) is 0 Å². The first kappa shape index (κ1) is 13.5. The number of pyridine rings is 1. The van der Waals surface area contributed by atoms with Crippen LogP contribution in [0.3, 0.4) is 0 Å². The van der Waals surface area contributed by atoms with Gasteiger partial charge in [0.1, 0.15) is 0 Å². The number of hydrogen-bond donors (Lipinski definition) is 2. The molecule has 0 aromatic carbocycles. The summed E-state index contributed by atoms with van der Waals surface area (Å²) in [6.45, 7) is 0.389. The van der Waals surface area contributed by atoms with Crippen LogP contribution in [0.25, 0.3) is 0 Å². The summed E-state index contributed by atoms with van der Waals surface area (Å²) >= 11 is 0. The SMILES string of the molecule is O=C(CCc1ccncc1)NC1(C(=O)O)CCOC1. The second-order valence-corrected chi connectivity index (χ2v) is 4.59. The lowest BCUT2D eigenvalue weighted by Crippen LogP contribution is -2.55. The van der Waals surface area contributed by atoms with Gasteiger partial charge in [0, 0.05) is 31.8 Å². The van der Waals surface area contributed by atoms with Crippen LogP contribution in [-0.4, -0.2) is 40.7 Å². The van der Waals surface area contributed by atoms with E-state index in [4.69, 9.17) is 4.74 Å². The van der Waals surface area contributed by atoms with Crippen molar-refractivity contribution in [2.45, 2.75) is 24.8 Å². The molecule has 1 aromatic heterocycles. The van der Waals surface area contributed by atoms with E-state index < -0.39 is 11.5 Å². The standard InChI is InChI=1S/C13H16N2O4/c16-11(2-1-10-3-6-14-7-4-10)15-13(12(17)18)5-8-19-9-13/h3-4,6-7H,1-2,5,8-9H2,(H,15,16)(H,17,18). The highest BCUT2D eigenvalue weighted by Crippen LogP contribution is 2.19. The molecule has 0 spiro atoms. The maximum atomic E-state index is 11.8. The third-order valence-electron chi connectivity index (χ3n) is 3.20. The van der Waals surface area contributed by atoms with Crippen LogP contribution in [0.5, 0.6) is 0 Å². The van der Waals surface area contributed by atoms with Crippen LogP contribution in [0.1, 0.15) is 18.4 Å². The Bertz CT molecular complexity index is 455. The molecule has 6 nitrogen and oxygen atoms in total. The lowest BCUT2D eigenvalue weighted by atomic mass is 9.98. The minimum Gasteiger partial charge on any atom is -0.479 e. The van der Waals surface area contributed by atoms with Crippen molar-refractivity contribution in [1.82, 2.24) is 10.3 Å². The summed E-state index contributed by atoms with van der Waals surface area (Å²) in [6.07, 6.45) is 4.45. The average molecular weight is 264 g/mol. The van der Waals surface area contributed by atoms with Gasteiger partial charge in [-0.3, -0.25) is 9.78 Å². The molecule has 6 heteroatoms. The van der Waals surface area contributed by atoms with E-state index in [9.17, 15) is 14.7 Å². The number of nitrogens with one attached hydrogen (secondary N) is 1. The maximum Gasteiger partial charge on any atom is 0.331 e. The molecule has 1 aliphatic heterocycles. The molecule has 1 saturated heterocycles. The summed E-state index contributed by atoms with van der Waals surface area (Å²) in [5.74, 6) is -1.31. The Balaban J connectivity index is 1.88. The van der Waals surface area contributed by atoms with Crippen molar-refractivity contribution in [3.05, 3.63) is 30.1 Å². The van der Waals surface area contributed by atoms with Crippen LogP contribution in [0, 0.1) is 0 Å². The number of carboxylic acid groups (broad SMARTS) is 1. The number of nitrogens with zero attached hydrogens (tertiary/aromatic N) is 1. The van der Waals surface area contributed by atoms with Crippen molar-refractivity contribution in [2.75, 3.05) is 13.2 Å². The fourth-order valence-electron chi connectivity index (χ4n) is 2.02. The topological polar surface area (TPSA) is 88.5 Å². The van der Waals surface area contributed by atoms with Gasteiger partial charge < -0.3 is 15.2 Å². The fraction of sp³-hybridized carbons (Fsp3) is 0.462. The molecule has 102 valence electrons. The molecule has 2 N–H and O–H groups in total. The molecule has 0 saturated carbocycles. The van der Waals surface area contributed by atoms with Crippen molar-refractivity contribution >= 4 is 11.9 Å². The number of amides is 1. The highest BCUT2D eigenvalue weighted by atomic mass is 16.5. The van der Waals surface area contributed by atoms with Gasteiger partial charge in [-0.2, -0.15) is 0 Å². The summed E-state index contributed by atoms with van der Waals surface area (Å²) in [5, 5.41) is 11.8. The summed E-state index contributed by atoms with van der Waals surface area (Å²) in [6, 6.07) is 3.66. The van der Waals surface area contributed by atoms with E-state index >= 15 is 0 Å². The number of carboxylic acids is 1. The van der Waals surface area contributed by atoms with Gasteiger partial charge in [-0.15, -0.1) is 0 Å². The first-order chi connectivity index (χ1) is 9.12. The number of hydrogen-bond acceptors (Lipinski definition) is 4. The Morgan fingerprint density at radius 3 is 2.74 bits per heavy atom. The van der Waals surface area contributed by atoms with Crippen molar-refractivity contribution in [1.29, 1.82) is 0 Å². The Morgan fingerprint density at radius 2 is 2.16 bits per heavy atom. The van der Waals surface area contributed by atoms with Gasteiger partial charge in [0.05, 0.1) is 6.61 Å². The monoisotopic (exact) mass is 264 g/mol. The van der Waals surface area contributed by atoms with Gasteiger partial charge in [-0.25, -0.2) is 4.79 Å². The summed E-state index contributed by atoms with van der Waals surface area (Å²) in [4.78, 5) is 27.0. The summed E-state index contributed by atoms with van der Waals surface area (Å²) < 4.78 is 5.08. The number of carbonyl (C=O) groups is 2. The normalized spacial score (nSPS) is 22.1. The zero-order chi connectivity index (χ0) is 13.7. The highest BCUT2D eigenvalue weighted by molar-refractivity contribution is 5.87. The predicted molar refractivity (Wildman–Crippen MR) is 66.5 cm³/mol. The molecule has 0 radical (unpaired) electrons. The van der Waals surface area contributed by atoms with Crippen molar-refractivity contribution in [3.8, 4) is 0 Å². The van der Waals surface area contributed by atoms with E-state index in [-0.39, 0.29) is 18.9 Å². The zero-order valence-electron chi connectivity index (χ0n) is 10.5. The first-order valence-electron chi connectivity index (χ1n) is 6.13. The van der Waals surface area contributed by atoms with Gasteiger partial charge >= 0.3 is 5.97 Å². The Hall–Kier alpha value is -1.95. The molecule has 1 aromatic rings. The number of aryl methyl sites for hydroxylation is 1. The maximum absolute atomic E-state index is 11.8. The van der Waals surface area contributed by atoms with Crippen molar-refractivity contribution < 1.29 is 19.4 Å². The molecule has 19 heavy (non-hydrogen) atoms. The number of rotatable bonds is 5. The van der Waals surface area contributed by atoms with Gasteiger partial charge in [0.2, 0.25) is 5.91 Å². The fourth-order valence-corrected chi connectivity index (χ4v) is 2.02. The molecular weight excluding hydrogens is 248 g/mol. The largest absolute Gasteiger partial charge is 0.479 e. The smallest absolute Gasteiger partial charge is 0.331 e. The van der Waals surface area contributed by atoms with Crippen molar-refractivity contribution in [2.24, 2.45) is 0 Å². The minimum atomic E-state index is -1.25. The van der Waals surface area contributed by atoms with E-state index in [1.807, 2.05) is 12.1 Å². The molecule has 1 unspecified atom stereocenters. The molecule has 1 fully saturated rings. The third-order valence-corrected chi connectivity index (χ3v) is 3.20. The van der Waals surface area contributed by atoms with E-state index in [2.05, 4.69) is 10.3 Å². The molecule has 1 aliphatic rings. The predicted octanol–water partition coefficient (Wildman–Crippen LogP) is 0.374. The molecule has 2 heterocycles. The molecule has 2 rings (SSSR count). The third kappa shape index (κ3) is 3.29. The van der Waals surface area contributed by atoms with E-state index in [1.54, 1.807) is 12.4 Å². The summed E-state index contributed by atoms with van der Waals surface area (Å²) in [7, 11) is 0. The summed E-state index contributed by atoms with van der Waals surface area (Å²) in [5.41, 5.74) is -0.257. The molecule has 0 bridgehead atoms. The van der Waals surface area contributed by atoms with E-state index in [1.165, 1.54) is 0 Å². The molecule has 1 atom stereocenters. The second kappa shape index (κ2) is 5.79. The number of carbonyl (C=O) groups excluding carboxylic acids is 1. The first-order valence-corrected chi connectivity index (χ1v) is 6.13. The lowest BCUT2D eigenvalue weighted by molar-refractivity contribution is -0.147. The molecule has 1 amide bonds. The van der Waals surface area contributed by atoms with Crippen LogP contribution >= 0.6 is 0 Å². The highest BCUT2D eigenvalue weighted by Gasteiger charge is 2.43. The van der Waals surface area contributed by atoms with Crippen LogP contribution in [0.15, 0.2) is 24.5 Å². The second-order valence-electron chi connectivity index (χ2n) is 4.59. The van der Waals surface area contributed by atoms with E-state index in [0.717, 1.165) is 5.56 Å². The zero-order valence-corrected chi connectivity index (χ0v) is 10.5. The number of aliphatic carboxylic acids is 1. The minimum absolute atomic E-state index is 0.0311. The molecule has 0 aliphatic carbocycles. The van der Waals surface area contributed by atoms with Crippen LogP contribution in [0.2, 0.25) is 0 Å². The van der Waals surface area contributed by atoms with Crippen LogP contribution in [-0.2, 0) is 20.7 Å². The Morgan fingerprint density at radius 1 is 1.42 bits per heavy atom. The van der Waals surface area contributed by atoms with Gasteiger partial charge in [0.15, 0.2) is 5.54 Å². The Labute approximate surface area is 110 Å². The Kier molecular flexibility index (Phi) is 4.11. The molecular formula is C13H16N2O4. The number of aromatic nitrogens is 1. The number of ether oxygens (including phenoxy) is 1. The quantitative estimate of drug-likeness (QED) is 0.802. The van der Waals surface area contributed by atoms with Crippen molar-refractivity contribution in [3.63, 3.8) is 0 Å². The van der Waals surface area contributed by atoms with E-state index in [0.29, 0.717) is 19.4 Å².